The first-order valence-electron chi connectivity index (χ1n) is 18.8. The van der Waals surface area contributed by atoms with E-state index in [0.717, 1.165) is 36.4 Å². The number of carbonyl (C=O) groups excluding carboxylic acids is 2. The Morgan fingerprint density at radius 1 is 0.673 bits per heavy atom. The van der Waals surface area contributed by atoms with Crippen LogP contribution in [0.5, 0.6) is 23.0 Å². The maximum atomic E-state index is 13.7. The van der Waals surface area contributed by atoms with Crippen LogP contribution in [-0.4, -0.2) is 23.5 Å². The normalized spacial score (nSPS) is 15.0. The largest absolute Gasteiger partial charge is 0.491 e. The first-order chi connectivity index (χ1) is 24.7. The molecule has 1 amide bonds. The minimum atomic E-state index is -0.878. The van der Waals surface area contributed by atoms with Crippen molar-refractivity contribution in [3.63, 3.8) is 0 Å². The van der Waals surface area contributed by atoms with Crippen molar-refractivity contribution in [3.05, 3.63) is 108 Å². The highest BCUT2D eigenvalue weighted by Gasteiger charge is 2.45. The highest BCUT2D eigenvalue weighted by Crippen LogP contribution is 2.46. The first-order valence-corrected chi connectivity index (χ1v) is 18.8. The predicted molar refractivity (Wildman–Crippen MR) is 211 cm³/mol. The van der Waals surface area contributed by atoms with E-state index in [4.69, 9.17) is 14.2 Å². The van der Waals surface area contributed by atoms with Crippen LogP contribution in [0.15, 0.2) is 97.1 Å². The lowest BCUT2D eigenvalue weighted by Crippen LogP contribution is -2.52. The summed E-state index contributed by atoms with van der Waals surface area (Å²) in [7, 11) is 0. The van der Waals surface area contributed by atoms with E-state index in [9.17, 15) is 9.59 Å². The van der Waals surface area contributed by atoms with E-state index >= 15 is 0 Å². The molecule has 0 radical (unpaired) electrons. The summed E-state index contributed by atoms with van der Waals surface area (Å²) in [4.78, 5) is 25.7. The number of esters is 1. The Balaban J connectivity index is 1.21. The number of rotatable bonds is 14. The average Bonchev–Trinajstić information content (AvgIpc) is 3.13. The number of hydrogen-bond acceptors (Lipinski definition) is 6. The molecule has 52 heavy (non-hydrogen) atoms. The fourth-order valence-electron chi connectivity index (χ4n) is 6.55. The zero-order valence-electron chi connectivity index (χ0n) is 32.2. The van der Waals surface area contributed by atoms with Gasteiger partial charge in [-0.3, -0.25) is 9.59 Å². The van der Waals surface area contributed by atoms with Crippen LogP contribution in [0, 0.1) is 11.3 Å². The Labute approximate surface area is 310 Å². The van der Waals surface area contributed by atoms with E-state index in [-0.39, 0.29) is 29.3 Å². The molecule has 1 fully saturated rings. The Morgan fingerprint density at radius 3 is 1.65 bits per heavy atom. The second kappa shape index (κ2) is 16.3. The summed E-state index contributed by atoms with van der Waals surface area (Å²) in [5, 5.41) is 6.42. The van der Waals surface area contributed by atoms with Gasteiger partial charge in [-0.2, -0.15) is 0 Å². The van der Waals surface area contributed by atoms with Gasteiger partial charge in [0.25, 0.3) is 0 Å². The van der Waals surface area contributed by atoms with Crippen LogP contribution < -0.4 is 24.8 Å². The molecular formula is C45H56N2O5. The van der Waals surface area contributed by atoms with Gasteiger partial charge >= 0.3 is 5.97 Å². The van der Waals surface area contributed by atoms with Crippen LogP contribution >= 0.6 is 0 Å². The summed E-state index contributed by atoms with van der Waals surface area (Å²) < 4.78 is 18.1. The molecule has 1 unspecified atom stereocenters. The first kappa shape index (κ1) is 38.5. The van der Waals surface area contributed by atoms with Crippen LogP contribution in [0.2, 0.25) is 0 Å². The van der Waals surface area contributed by atoms with Gasteiger partial charge in [-0.05, 0) is 138 Å². The molecule has 7 nitrogen and oxygen atoms in total. The van der Waals surface area contributed by atoms with Gasteiger partial charge in [-0.25, -0.2) is 0 Å². The van der Waals surface area contributed by atoms with Crippen LogP contribution in [0.1, 0.15) is 105 Å². The van der Waals surface area contributed by atoms with Crippen molar-refractivity contribution in [1.29, 1.82) is 0 Å². The van der Waals surface area contributed by atoms with Gasteiger partial charge in [-0.15, -0.1) is 0 Å². The van der Waals surface area contributed by atoms with Gasteiger partial charge < -0.3 is 24.8 Å². The number of ether oxygens (including phenoxy) is 3. The molecule has 2 N–H and O–H groups in total. The molecular weight excluding hydrogens is 649 g/mol. The summed E-state index contributed by atoms with van der Waals surface area (Å²) in [6.45, 7) is 15.8. The molecule has 4 aromatic carbocycles. The van der Waals surface area contributed by atoms with Gasteiger partial charge in [-0.1, -0.05) is 64.3 Å². The van der Waals surface area contributed by atoms with E-state index < -0.39 is 11.0 Å². The van der Waals surface area contributed by atoms with E-state index in [0.29, 0.717) is 17.2 Å². The molecule has 0 bridgehead atoms. The maximum absolute atomic E-state index is 13.7. The molecule has 0 aromatic heterocycles. The molecule has 276 valence electrons. The maximum Gasteiger partial charge on any atom is 0.319 e. The van der Waals surface area contributed by atoms with E-state index in [1.54, 1.807) is 0 Å². The smallest absolute Gasteiger partial charge is 0.319 e. The van der Waals surface area contributed by atoms with Gasteiger partial charge in [0.1, 0.15) is 23.0 Å². The number of carbonyl (C=O) groups is 2. The second-order valence-corrected chi connectivity index (χ2v) is 15.6. The fraction of sp³-hybridized carbons (Fsp3) is 0.422. The van der Waals surface area contributed by atoms with Crippen molar-refractivity contribution in [2.75, 3.05) is 10.6 Å². The Bertz CT molecular complexity index is 1770. The van der Waals surface area contributed by atoms with Crippen LogP contribution in [0.4, 0.5) is 11.4 Å². The van der Waals surface area contributed by atoms with Crippen molar-refractivity contribution in [3.8, 4) is 23.0 Å². The minimum Gasteiger partial charge on any atom is -0.491 e. The molecule has 4 aromatic rings. The van der Waals surface area contributed by atoms with Gasteiger partial charge in [0, 0.05) is 28.2 Å². The molecule has 0 aliphatic heterocycles. The topological polar surface area (TPSA) is 85.9 Å². The third-order valence-corrected chi connectivity index (χ3v) is 10.9. The van der Waals surface area contributed by atoms with Crippen LogP contribution in [0.3, 0.4) is 0 Å². The van der Waals surface area contributed by atoms with E-state index in [1.807, 2.05) is 102 Å². The Kier molecular flexibility index (Phi) is 12.0. The summed E-state index contributed by atoms with van der Waals surface area (Å²) in [6, 6.07) is 31.7. The van der Waals surface area contributed by atoms with Crippen molar-refractivity contribution >= 4 is 23.3 Å². The molecule has 1 saturated carbocycles. The summed E-state index contributed by atoms with van der Waals surface area (Å²) in [5.74, 6) is 2.35. The Morgan fingerprint density at radius 2 is 1.15 bits per heavy atom. The second-order valence-electron chi connectivity index (χ2n) is 15.6. The van der Waals surface area contributed by atoms with E-state index in [1.165, 1.54) is 30.4 Å². The number of benzene rings is 4. The standard InChI is InChI=1S/C45H56N2O5/c1-9-32(4)50-37-21-13-33(14-22-37)45(29-11-10-12-30-45)34-15-23-40(24-16-34)52-42(49)43(5,6)44(7,8)47-36-19-27-39(28-20-36)51-38-25-17-35(18-26-38)46-41(48)31(2)3/h13-28,31-32,47H,9-12,29-30H2,1-8H3,(H,46,48). The van der Waals surface area contributed by atoms with Crippen molar-refractivity contribution in [1.82, 2.24) is 0 Å². The summed E-state index contributed by atoms with van der Waals surface area (Å²) >= 11 is 0. The third-order valence-electron chi connectivity index (χ3n) is 10.9. The lowest BCUT2D eigenvalue weighted by atomic mass is 9.65. The molecule has 1 aliphatic rings. The van der Waals surface area contributed by atoms with E-state index in [2.05, 4.69) is 60.9 Å². The monoisotopic (exact) mass is 704 g/mol. The molecule has 0 saturated heterocycles. The highest BCUT2D eigenvalue weighted by atomic mass is 16.5. The number of amides is 1. The quantitative estimate of drug-likeness (QED) is 0.100. The van der Waals surface area contributed by atoms with Crippen molar-refractivity contribution in [2.45, 2.75) is 111 Å². The summed E-state index contributed by atoms with van der Waals surface area (Å²) in [5.41, 5.74) is 2.54. The molecule has 0 spiro atoms. The predicted octanol–water partition coefficient (Wildman–Crippen LogP) is 11.3. The molecule has 1 atom stereocenters. The van der Waals surface area contributed by atoms with Crippen molar-refractivity contribution in [2.24, 2.45) is 11.3 Å². The van der Waals surface area contributed by atoms with Crippen LogP contribution in [-0.2, 0) is 15.0 Å². The van der Waals surface area contributed by atoms with Crippen molar-refractivity contribution < 1.29 is 23.8 Å². The lowest BCUT2D eigenvalue weighted by molar-refractivity contribution is -0.146. The van der Waals surface area contributed by atoms with Crippen LogP contribution in [0.25, 0.3) is 0 Å². The molecule has 0 heterocycles. The molecule has 7 heteroatoms. The number of nitrogens with one attached hydrogen (secondary N) is 2. The van der Waals surface area contributed by atoms with Gasteiger partial charge in [0.2, 0.25) is 5.91 Å². The number of anilines is 2. The Hall–Kier alpha value is -4.78. The minimum absolute atomic E-state index is 0.0286. The zero-order valence-corrected chi connectivity index (χ0v) is 32.2. The number of hydrogen-bond donors (Lipinski definition) is 2. The van der Waals surface area contributed by atoms with Gasteiger partial charge in [0.15, 0.2) is 0 Å². The zero-order chi connectivity index (χ0) is 37.5. The van der Waals surface area contributed by atoms with Gasteiger partial charge in [0.05, 0.1) is 11.5 Å². The summed E-state index contributed by atoms with van der Waals surface area (Å²) in [6.07, 6.45) is 6.95. The molecule has 5 rings (SSSR count). The molecule has 1 aliphatic carbocycles. The fourth-order valence-corrected chi connectivity index (χ4v) is 6.55. The lowest BCUT2D eigenvalue weighted by Gasteiger charge is -2.41. The SMILES string of the molecule is CCC(C)Oc1ccc(C2(c3ccc(OC(=O)C(C)(C)C(C)(C)Nc4ccc(Oc5ccc(NC(=O)C(C)C)cc5)cc4)cc3)CCCCC2)cc1. The third kappa shape index (κ3) is 8.98. The average molecular weight is 705 g/mol. The highest BCUT2D eigenvalue weighted by molar-refractivity contribution is 5.92.